The number of hydrogen-bond donors (Lipinski definition) is 1. The average Bonchev–Trinajstić information content (AvgIpc) is 3.49. The van der Waals surface area contributed by atoms with Crippen LogP contribution in [0.4, 0.5) is 0 Å². The Kier molecular flexibility index (Phi) is 7.57. The zero-order chi connectivity index (χ0) is 29.1. The zero-order valence-electron chi connectivity index (χ0n) is 23.8. The van der Waals surface area contributed by atoms with E-state index in [2.05, 4.69) is 41.3 Å². The summed E-state index contributed by atoms with van der Waals surface area (Å²) in [6, 6.07) is 3.62. The molecule has 3 heterocycles. The van der Waals surface area contributed by atoms with Crippen LogP contribution in [0.2, 0.25) is 0 Å². The third-order valence-corrected chi connectivity index (χ3v) is 11.0. The predicted molar refractivity (Wildman–Crippen MR) is 164 cm³/mol. The Balaban J connectivity index is 1.44. The third-order valence-electron chi connectivity index (χ3n) is 9.33. The van der Waals surface area contributed by atoms with Crippen LogP contribution in [0.3, 0.4) is 0 Å². The molecule has 9 heteroatoms. The van der Waals surface area contributed by atoms with Crippen LogP contribution in [0.5, 0.6) is 17.2 Å². The molecule has 2 aliphatic heterocycles. The highest BCUT2D eigenvalue weighted by Gasteiger charge is 2.67. The number of halogens is 1. The molecule has 2 bridgehead atoms. The van der Waals surface area contributed by atoms with Gasteiger partial charge < -0.3 is 19.5 Å². The van der Waals surface area contributed by atoms with Gasteiger partial charge in [-0.05, 0) is 72.1 Å². The van der Waals surface area contributed by atoms with Gasteiger partial charge in [0.2, 0.25) is 5.91 Å². The molecular formula is C32H37BrN2O5S. The van der Waals surface area contributed by atoms with Crippen LogP contribution in [-0.4, -0.2) is 64.6 Å². The van der Waals surface area contributed by atoms with E-state index in [9.17, 15) is 14.7 Å². The van der Waals surface area contributed by atoms with E-state index in [1.165, 1.54) is 13.0 Å². The molecular weight excluding hydrogens is 604 g/mol. The molecule has 2 aliphatic carbocycles. The lowest BCUT2D eigenvalue weighted by atomic mass is 9.50. The maximum absolute atomic E-state index is 13.9. The number of piperidine rings is 1. The molecule has 4 aliphatic rings. The number of aromatic hydroxyl groups is 1. The number of carbonyl (C=O) groups excluding carboxylic acids is 2. The van der Waals surface area contributed by atoms with Crippen LogP contribution in [0.1, 0.15) is 56.0 Å². The van der Waals surface area contributed by atoms with Gasteiger partial charge in [0.15, 0.2) is 11.5 Å². The van der Waals surface area contributed by atoms with Crippen LogP contribution in [0.15, 0.2) is 40.7 Å². The minimum Gasteiger partial charge on any atom is -0.508 e. The number of amides is 1. The fraction of sp³-hybridized carbons (Fsp3) is 0.500. The molecule has 1 saturated heterocycles. The maximum Gasteiger partial charge on any atom is 0.308 e. The van der Waals surface area contributed by atoms with Crippen LogP contribution >= 0.6 is 27.3 Å². The second kappa shape index (κ2) is 10.9. The summed E-state index contributed by atoms with van der Waals surface area (Å²) in [7, 11) is 0. The van der Waals surface area contributed by atoms with Gasteiger partial charge in [0, 0.05) is 69.5 Å². The van der Waals surface area contributed by atoms with Crippen molar-refractivity contribution in [3.05, 3.63) is 56.7 Å². The minimum absolute atomic E-state index is 0.0256. The summed E-state index contributed by atoms with van der Waals surface area (Å²) in [5, 5.41) is 13.3. The number of nitrogens with zero attached hydrogens (tertiary/aromatic N) is 2. The molecule has 1 saturated carbocycles. The molecule has 7 nitrogen and oxygen atoms in total. The van der Waals surface area contributed by atoms with Gasteiger partial charge >= 0.3 is 5.97 Å². The van der Waals surface area contributed by atoms with E-state index in [0.717, 1.165) is 52.8 Å². The number of phenolic OH excluding ortho intramolecular Hbond substituents is 1. The van der Waals surface area contributed by atoms with E-state index in [4.69, 9.17) is 9.47 Å². The second-order valence-electron chi connectivity index (χ2n) is 12.2. The largest absolute Gasteiger partial charge is 0.508 e. The molecule has 0 radical (unpaired) electrons. The molecule has 1 aromatic heterocycles. The van der Waals surface area contributed by atoms with Crippen molar-refractivity contribution in [1.82, 2.24) is 9.80 Å². The van der Waals surface area contributed by atoms with Crippen LogP contribution in [0, 0.1) is 11.8 Å². The first-order valence-corrected chi connectivity index (χ1v) is 16.1. The van der Waals surface area contributed by atoms with Gasteiger partial charge in [0.05, 0.1) is 6.04 Å². The Hall–Kier alpha value is -2.62. The number of benzene rings is 1. The quantitative estimate of drug-likeness (QED) is 0.167. The lowest BCUT2D eigenvalue weighted by Crippen LogP contribution is -2.69. The molecule has 41 heavy (non-hydrogen) atoms. The summed E-state index contributed by atoms with van der Waals surface area (Å²) in [4.78, 5) is 31.5. The van der Waals surface area contributed by atoms with Crippen molar-refractivity contribution >= 4 is 45.2 Å². The smallest absolute Gasteiger partial charge is 0.308 e. The summed E-state index contributed by atoms with van der Waals surface area (Å²) < 4.78 is 13.5. The molecule has 6 rings (SSSR count). The number of likely N-dealkylation sites (tertiary alicyclic amines) is 1. The Morgan fingerprint density at radius 3 is 2.85 bits per heavy atom. The van der Waals surface area contributed by atoms with E-state index in [1.807, 2.05) is 28.5 Å². The van der Waals surface area contributed by atoms with E-state index in [-0.39, 0.29) is 46.9 Å². The highest BCUT2D eigenvalue weighted by atomic mass is 79.9. The van der Waals surface area contributed by atoms with Crippen molar-refractivity contribution in [2.24, 2.45) is 11.8 Å². The number of ether oxygens (including phenoxy) is 2. The molecule has 218 valence electrons. The van der Waals surface area contributed by atoms with Crippen LogP contribution < -0.4 is 9.47 Å². The van der Waals surface area contributed by atoms with Gasteiger partial charge in [-0.2, -0.15) is 0 Å². The molecule has 1 aromatic carbocycles. The van der Waals surface area contributed by atoms with Crippen molar-refractivity contribution < 1.29 is 24.2 Å². The summed E-state index contributed by atoms with van der Waals surface area (Å²) in [5.74, 6) is 1.08. The Morgan fingerprint density at radius 1 is 1.37 bits per heavy atom. The van der Waals surface area contributed by atoms with Gasteiger partial charge in [-0.15, -0.1) is 17.9 Å². The van der Waals surface area contributed by atoms with E-state index in [1.54, 1.807) is 17.4 Å². The average molecular weight is 642 g/mol. The fourth-order valence-corrected chi connectivity index (χ4v) is 9.38. The van der Waals surface area contributed by atoms with Crippen molar-refractivity contribution in [3.63, 3.8) is 0 Å². The van der Waals surface area contributed by atoms with Crippen LogP contribution in [-0.2, 0) is 21.4 Å². The highest BCUT2D eigenvalue weighted by molar-refractivity contribution is 9.10. The normalized spacial score (nSPS) is 27.9. The Morgan fingerprint density at radius 2 is 2.17 bits per heavy atom. The maximum atomic E-state index is 13.9. The number of phenols is 1. The number of rotatable bonds is 8. The summed E-state index contributed by atoms with van der Waals surface area (Å²) in [6.07, 6.45) is 8.56. The van der Waals surface area contributed by atoms with Crippen molar-refractivity contribution in [2.75, 3.05) is 19.6 Å². The molecule has 1 spiro atoms. The number of carbonyl (C=O) groups is 2. The van der Waals surface area contributed by atoms with Gasteiger partial charge in [-0.3, -0.25) is 14.5 Å². The molecule has 2 aromatic rings. The van der Waals surface area contributed by atoms with Gasteiger partial charge in [-0.25, -0.2) is 0 Å². The highest BCUT2D eigenvalue weighted by Crippen LogP contribution is 2.65. The third kappa shape index (κ3) is 4.74. The standard InChI is InChI=1S/C32H37BrN2O5S/c1-5-11-34-12-10-32-23-7-8-24(35(16-18(2)3)28(38)9-6-21-13-20(33)17-41-21)31(32)40-30-27(39-19(4)36)15-26(37)22(29(30)32)14-25(23)34/h5-6,9,13,15,17-18,23-25,31,37H,1,7-8,10-12,14,16H2,2-4H3/b9-6+/t23-,24+,25+,31-,32-/m0/s1. The van der Waals surface area contributed by atoms with Gasteiger partial charge in [-0.1, -0.05) is 19.9 Å². The van der Waals surface area contributed by atoms with E-state index in [0.29, 0.717) is 24.6 Å². The molecule has 2 fully saturated rings. The van der Waals surface area contributed by atoms with Gasteiger partial charge in [0.25, 0.3) is 0 Å². The van der Waals surface area contributed by atoms with Gasteiger partial charge in [0.1, 0.15) is 11.9 Å². The lowest BCUT2D eigenvalue weighted by molar-refractivity contribution is -0.138. The Bertz CT molecular complexity index is 1420. The Labute approximate surface area is 253 Å². The number of esters is 1. The summed E-state index contributed by atoms with van der Waals surface area (Å²) >= 11 is 5.08. The van der Waals surface area contributed by atoms with E-state index < -0.39 is 5.97 Å². The number of hydrogen-bond acceptors (Lipinski definition) is 7. The van der Waals surface area contributed by atoms with Crippen molar-refractivity contribution in [3.8, 4) is 17.2 Å². The van der Waals surface area contributed by atoms with Crippen molar-refractivity contribution in [2.45, 2.75) is 70.1 Å². The van der Waals surface area contributed by atoms with Crippen LogP contribution in [0.25, 0.3) is 6.08 Å². The summed E-state index contributed by atoms with van der Waals surface area (Å²) in [5.41, 5.74) is 1.51. The van der Waals surface area contributed by atoms with Crippen molar-refractivity contribution in [1.29, 1.82) is 0 Å². The topological polar surface area (TPSA) is 79.3 Å². The predicted octanol–water partition coefficient (Wildman–Crippen LogP) is 5.93. The second-order valence-corrected chi connectivity index (χ2v) is 14.0. The number of thiophene rings is 1. The monoisotopic (exact) mass is 640 g/mol. The minimum atomic E-state index is -0.457. The molecule has 5 atom stereocenters. The van der Waals surface area contributed by atoms with E-state index >= 15 is 0 Å². The first-order valence-electron chi connectivity index (χ1n) is 14.5. The SMILES string of the molecule is C=CCN1CC[C@]23c4c5c(O)cc(OC(C)=O)c4O[C@H]2[C@H](N(CC(C)C)C(=O)/C=C/c2cc(Br)cs2)CC[C@H]3[C@H]1C5. The molecule has 0 unspecified atom stereocenters. The first kappa shape index (κ1) is 28.5. The fourth-order valence-electron chi connectivity index (χ4n) is 8.04. The summed E-state index contributed by atoms with van der Waals surface area (Å²) in [6.45, 7) is 11.9. The molecule has 1 N–H and O–H groups in total. The lowest BCUT2D eigenvalue weighted by Gasteiger charge is -2.60. The zero-order valence-corrected chi connectivity index (χ0v) is 26.2. The molecule has 1 amide bonds. The first-order chi connectivity index (χ1) is 19.6.